The summed E-state index contributed by atoms with van der Waals surface area (Å²) in [6, 6.07) is 8.68. The molecular formula is C68H58F12N4O21S3. The van der Waals surface area contributed by atoms with Crippen LogP contribution < -0.4 is 4.74 Å². The van der Waals surface area contributed by atoms with Gasteiger partial charge < -0.3 is 115 Å². The van der Waals surface area contributed by atoms with Gasteiger partial charge in [0.05, 0.1) is 80.6 Å². The molecule has 3 aromatic heterocycles. The summed E-state index contributed by atoms with van der Waals surface area (Å²) in [5.41, 5.74) is -20.7. The minimum Gasteiger partial charge on any atom is -0.462 e. The van der Waals surface area contributed by atoms with Crippen LogP contribution in [0.2, 0.25) is 0 Å². The van der Waals surface area contributed by atoms with Gasteiger partial charge in [0.1, 0.15) is 120 Å². The summed E-state index contributed by atoms with van der Waals surface area (Å²) >= 11 is -0.816. The topological polar surface area (TPSA) is 427 Å². The minimum absolute atomic E-state index is 0.108. The number of hydrogen-bond acceptors (Lipinski definition) is 26. The molecule has 6 aliphatic rings. The number of H-pyrrole nitrogens is 2. The zero-order valence-corrected chi connectivity index (χ0v) is 56.6. The van der Waals surface area contributed by atoms with Crippen molar-refractivity contribution in [2.75, 3.05) is 26.4 Å². The maximum absolute atomic E-state index is 17.6. The Bertz CT molecular complexity index is 4740. The van der Waals surface area contributed by atoms with Gasteiger partial charge in [0.15, 0.2) is 69.8 Å². The summed E-state index contributed by atoms with van der Waals surface area (Å²) in [7, 11) is 0. The van der Waals surface area contributed by atoms with Crippen LogP contribution in [0.25, 0.3) is 90.9 Å². The standard InChI is InChI=1S/C68H58F12N4O21S3/c69-38-35(39(70)45(76)62(44(38)75)106-66-59(98)55(94)51(90)28(14-86)103-66)32-21-6-4-19(81-21)31(17-2-1-3-18(12-17)101-65-58(97)54(93)50(89)27(13-85)102-65)20-5-7-22(82-20)33(36-40(71)46(77)63(47(78)41(36)72)107-67-60(99)56(95)52(91)29(15-87)104-67)24-9-11-26(84-24)34(25-10-8-23(32)83-25)37-42(73)48(79)64(49(80)43(37)74)108-68-61(100)57(96)53(92)30(16-88)105-68/h1-12,27-30,50-61,65-68,81,84-100H,13-16H2/t27?,28?,29?,30-,50-,51+,52+,53?,54+,55?,56+,57-,58?,59+,60?,61-,65-,66+,67+,68?/m1/s1. The average Bonchev–Trinajstić information content (AvgIpc) is 1.48. The Morgan fingerprint density at radius 1 is 0.324 bits per heavy atom. The predicted octanol–water partition coefficient (Wildman–Crippen LogP) is 3.85. The second kappa shape index (κ2) is 31.1. The maximum atomic E-state index is 17.6. The minimum atomic E-state index is -2.39. The first-order valence-corrected chi connectivity index (χ1v) is 34.7. The largest absolute Gasteiger partial charge is 0.462 e. The van der Waals surface area contributed by atoms with E-state index in [0.717, 1.165) is 48.6 Å². The van der Waals surface area contributed by atoms with Gasteiger partial charge in [-0.2, -0.15) is 0 Å². The van der Waals surface area contributed by atoms with E-state index in [1.54, 1.807) is 0 Å². The molecule has 108 heavy (non-hydrogen) atoms. The van der Waals surface area contributed by atoms with Crippen LogP contribution in [-0.4, -0.2) is 248 Å². The fourth-order valence-corrected chi connectivity index (χ4v) is 16.3. The highest BCUT2D eigenvalue weighted by molar-refractivity contribution is 8.00. The summed E-state index contributed by atoms with van der Waals surface area (Å²) in [5, 5.41) is 167. The number of nitrogens with zero attached hydrogens (tertiary/aromatic N) is 2. The van der Waals surface area contributed by atoms with E-state index in [-0.39, 0.29) is 57.7 Å². The molecule has 8 bridgehead atoms. The van der Waals surface area contributed by atoms with E-state index in [4.69, 9.17) is 23.7 Å². The van der Waals surface area contributed by atoms with E-state index in [1.165, 1.54) is 24.3 Å². The highest BCUT2D eigenvalue weighted by Crippen LogP contribution is 2.49. The van der Waals surface area contributed by atoms with E-state index in [9.17, 15) is 81.7 Å². The van der Waals surface area contributed by atoms with Gasteiger partial charge in [-0.05, 0) is 66.3 Å². The SMILES string of the molecule is OCC1O[C@@H](Sc2c(F)c(F)c(-c3c4nc(c(-c5c(F)c(F)c(SC6O[C@H](CO)C(O)[C@@H](O)[C@H]6O)c(F)c5F)c5ccc([nH]5)c(-c5c(F)c(F)c(S[C@@H]6OC(CO)[C@H](O)[C@H](O)C6O)c(F)c5F)c5nc(c(-c6cccc(O[C@@H]7OC(CO)[C@@H](O)[C@H](O)C7O)c6)c6ccc3[nH]6)C=C5)C=C4)c(F)c2F)[C@@H](O)C(O)[C@H]1O. The second-order valence-electron chi connectivity index (χ2n) is 25.2. The molecule has 0 aliphatic carbocycles. The third-order valence-corrected chi connectivity index (χ3v) is 22.3. The number of aromatic amines is 2. The molecule has 4 saturated heterocycles. The smallest absolute Gasteiger partial charge is 0.229 e. The molecule has 4 fully saturated rings. The molecule has 0 amide bonds. The van der Waals surface area contributed by atoms with E-state index < -0.39 is 304 Å². The lowest BCUT2D eigenvalue weighted by molar-refractivity contribution is -0.277. The number of aliphatic hydroxyl groups is 16. The summed E-state index contributed by atoms with van der Waals surface area (Å²) in [6.07, 6.45) is -30.4. The first-order chi connectivity index (χ1) is 51.3. The molecule has 4 aromatic carbocycles. The van der Waals surface area contributed by atoms with Crippen molar-refractivity contribution in [1.82, 2.24) is 19.9 Å². The Balaban J connectivity index is 1.11. The van der Waals surface area contributed by atoms with E-state index in [2.05, 4.69) is 19.9 Å². The fourth-order valence-electron chi connectivity index (χ4n) is 13.0. The van der Waals surface area contributed by atoms with Crippen molar-refractivity contribution in [2.45, 2.75) is 135 Å². The van der Waals surface area contributed by atoms with Gasteiger partial charge in [-0.15, -0.1) is 0 Å². The Hall–Kier alpha value is -7.31. The van der Waals surface area contributed by atoms with E-state index >= 15 is 52.7 Å². The van der Waals surface area contributed by atoms with Crippen molar-refractivity contribution in [2.24, 2.45) is 0 Å². The lowest BCUT2D eigenvalue weighted by Crippen LogP contribution is -2.60. The number of ether oxygens (including phenoxy) is 5. The van der Waals surface area contributed by atoms with Gasteiger partial charge in [-0.3, -0.25) is 0 Å². The highest BCUT2D eigenvalue weighted by atomic mass is 32.2. The molecule has 7 aromatic rings. The number of nitrogens with one attached hydrogen (secondary N) is 2. The predicted molar refractivity (Wildman–Crippen MR) is 353 cm³/mol. The number of fused-ring (bicyclic) bond motifs is 8. The van der Waals surface area contributed by atoms with Crippen molar-refractivity contribution >= 4 is 81.7 Å². The van der Waals surface area contributed by atoms with Crippen LogP contribution in [0.15, 0.2) is 63.2 Å². The van der Waals surface area contributed by atoms with Gasteiger partial charge in [-0.25, -0.2) is 62.7 Å². The van der Waals surface area contributed by atoms with Crippen LogP contribution in [-0.2, 0) is 18.9 Å². The Kier molecular flexibility index (Phi) is 22.7. The number of aliphatic hydroxyl groups excluding tert-OH is 16. The molecule has 20 atom stereocenters. The summed E-state index contributed by atoms with van der Waals surface area (Å²) in [4.78, 5) is 9.53. The first kappa shape index (κ1) is 78.8. The molecule has 8 unspecified atom stereocenters. The van der Waals surface area contributed by atoms with Crippen molar-refractivity contribution in [3.63, 3.8) is 0 Å². The van der Waals surface area contributed by atoms with Crippen LogP contribution >= 0.6 is 35.3 Å². The second-order valence-corrected chi connectivity index (χ2v) is 28.5. The van der Waals surface area contributed by atoms with E-state index in [1.807, 2.05) is 0 Å². The molecule has 18 N–H and O–H groups in total. The number of benzene rings is 4. The lowest BCUT2D eigenvalue weighted by Gasteiger charge is -2.39. The molecule has 0 spiro atoms. The van der Waals surface area contributed by atoms with Crippen molar-refractivity contribution < 1.29 is 158 Å². The van der Waals surface area contributed by atoms with Crippen LogP contribution in [0.4, 0.5) is 52.7 Å². The van der Waals surface area contributed by atoms with Crippen LogP contribution in [0.1, 0.15) is 22.8 Å². The maximum Gasteiger partial charge on any atom is 0.229 e. The zero-order chi connectivity index (χ0) is 77.8. The molecule has 6 aliphatic heterocycles. The van der Waals surface area contributed by atoms with Crippen molar-refractivity contribution in [1.29, 1.82) is 0 Å². The summed E-state index contributed by atoms with van der Waals surface area (Å²) < 4.78 is 235. The molecule has 578 valence electrons. The molecule has 40 heteroatoms. The quantitative estimate of drug-likeness (QED) is 0.0482. The van der Waals surface area contributed by atoms with Gasteiger partial charge in [0, 0.05) is 44.3 Å². The molecule has 0 radical (unpaired) electrons. The third kappa shape index (κ3) is 13.6. The fraction of sp³-hybridized carbons (Fsp3) is 0.353. The molecule has 25 nitrogen and oxygen atoms in total. The number of hydrogen-bond donors (Lipinski definition) is 18. The van der Waals surface area contributed by atoms with Gasteiger partial charge in [0.25, 0.3) is 0 Å². The molecule has 13 rings (SSSR count). The highest BCUT2D eigenvalue weighted by Gasteiger charge is 2.50. The average molecular weight is 1590 g/mol. The third-order valence-electron chi connectivity index (χ3n) is 18.6. The van der Waals surface area contributed by atoms with E-state index in [0.29, 0.717) is 0 Å². The van der Waals surface area contributed by atoms with Crippen LogP contribution in [0.5, 0.6) is 5.75 Å². The van der Waals surface area contributed by atoms with Gasteiger partial charge in [0.2, 0.25) is 6.29 Å². The number of rotatable bonds is 16. The van der Waals surface area contributed by atoms with Gasteiger partial charge in [-0.1, -0.05) is 47.4 Å². The summed E-state index contributed by atoms with van der Waals surface area (Å²) in [6.45, 7) is -4.13. The monoisotopic (exact) mass is 1590 g/mol. The van der Waals surface area contributed by atoms with Crippen LogP contribution in [0, 0.1) is 69.8 Å². The number of thioether (sulfide) groups is 3. The Labute approximate surface area is 609 Å². The van der Waals surface area contributed by atoms with Gasteiger partial charge >= 0.3 is 0 Å². The van der Waals surface area contributed by atoms with Crippen molar-refractivity contribution in [3.8, 4) is 50.3 Å². The van der Waals surface area contributed by atoms with Crippen LogP contribution in [0.3, 0.4) is 0 Å². The molecule has 9 heterocycles. The zero-order valence-electron chi connectivity index (χ0n) is 54.2. The number of aromatic nitrogens is 4. The Morgan fingerprint density at radius 3 is 0.907 bits per heavy atom. The Morgan fingerprint density at radius 2 is 0.602 bits per heavy atom. The van der Waals surface area contributed by atoms with Crippen molar-refractivity contribution in [3.05, 3.63) is 141 Å². The summed E-state index contributed by atoms with van der Waals surface area (Å²) in [5.74, 6) is -27.9. The first-order valence-electron chi connectivity index (χ1n) is 32.1. The molecular weight excluding hydrogens is 1530 g/mol. The normalized spacial score (nSPS) is 29.3. The lowest BCUT2D eigenvalue weighted by atomic mass is 9.99. The molecule has 0 saturated carbocycles. The number of halogens is 12.